The number of aryl methyl sites for hydroxylation is 1. The molecule has 2 unspecified atom stereocenters. The van der Waals surface area contributed by atoms with Crippen molar-refractivity contribution in [2.45, 2.75) is 48.6 Å². The Morgan fingerprint density at radius 1 is 1.16 bits per heavy atom. The molecule has 2 atom stereocenters. The largest absolute Gasteiger partial charge is 1.00 e. The summed E-state index contributed by atoms with van der Waals surface area (Å²) in [7, 11) is -4.39. The monoisotopic (exact) mass is 644 g/mol. The van der Waals surface area contributed by atoms with E-state index in [1.165, 1.54) is 6.92 Å². The van der Waals surface area contributed by atoms with Gasteiger partial charge in [0.1, 0.15) is 4.70 Å². The van der Waals surface area contributed by atoms with Crippen LogP contribution in [0.15, 0.2) is 46.3 Å². The number of halogens is 2. The third-order valence-corrected chi connectivity index (χ3v) is 10.5. The van der Waals surface area contributed by atoms with Crippen LogP contribution < -0.4 is 44.3 Å². The normalized spacial score (nSPS) is 16.1. The van der Waals surface area contributed by atoms with Crippen molar-refractivity contribution in [1.82, 2.24) is 0 Å². The summed E-state index contributed by atoms with van der Waals surface area (Å²) in [5.74, 6) is 0. The Morgan fingerprint density at radius 3 is 2.58 bits per heavy atom. The Kier molecular flexibility index (Phi) is 12.1. The Bertz CT molecular complexity index is 1420. The summed E-state index contributed by atoms with van der Waals surface area (Å²) in [5.41, 5.74) is 1.85. The zero-order valence-electron chi connectivity index (χ0n) is 20.8. The van der Waals surface area contributed by atoms with Crippen molar-refractivity contribution >= 4 is 90.4 Å². The van der Waals surface area contributed by atoms with Crippen LogP contribution in [0.3, 0.4) is 0 Å². The quantitative estimate of drug-likeness (QED) is 0.0777. The van der Waals surface area contributed by atoms with Gasteiger partial charge in [-0.05, 0) is 43.7 Å². The predicted molar refractivity (Wildman–Crippen MR) is 147 cm³/mol. The fraction of sp³-hybridized carbons (Fsp3) is 0.348. The van der Waals surface area contributed by atoms with Gasteiger partial charge in [0.15, 0.2) is 6.54 Å². The minimum absolute atomic E-state index is 0. The van der Waals surface area contributed by atoms with Crippen molar-refractivity contribution in [1.29, 1.82) is 0 Å². The molecule has 0 N–H and O–H groups in total. The zero-order valence-corrected chi connectivity index (χ0v) is 27.5. The molecule has 0 bridgehead atoms. The number of hydrogen-bond acceptors (Lipinski definition) is 10. The molecule has 1 aliphatic rings. The molecule has 2 heterocycles. The molecule has 200 valence electrons. The maximum absolute atomic E-state index is 11.5. The minimum Gasteiger partial charge on any atom is -0.748 e. The van der Waals surface area contributed by atoms with Gasteiger partial charge in [-0.2, -0.15) is 8.90 Å². The van der Waals surface area contributed by atoms with Crippen molar-refractivity contribution in [3.05, 3.63) is 56.5 Å². The topological polar surface area (TPSA) is 106 Å². The van der Waals surface area contributed by atoms with Crippen LogP contribution in [0.5, 0.6) is 0 Å². The third kappa shape index (κ3) is 8.03. The maximum Gasteiger partial charge on any atom is 1.00 e. The van der Waals surface area contributed by atoms with Crippen molar-refractivity contribution in [3.8, 4) is 0 Å². The van der Waals surface area contributed by atoms with Crippen LogP contribution in [0, 0.1) is 0 Å². The number of anilines is 1. The molecule has 0 aliphatic carbocycles. The predicted octanol–water partition coefficient (Wildman–Crippen LogP) is 2.38. The van der Waals surface area contributed by atoms with Crippen LogP contribution in [-0.4, -0.2) is 30.0 Å². The van der Waals surface area contributed by atoms with Gasteiger partial charge >= 0.3 is 29.6 Å². The first kappa shape index (κ1) is 32.5. The molecule has 0 saturated carbocycles. The molecule has 0 fully saturated rings. The van der Waals surface area contributed by atoms with Gasteiger partial charge in [0.05, 0.1) is 26.9 Å². The van der Waals surface area contributed by atoms with E-state index >= 15 is 0 Å². The number of thioether (sulfide) groups is 1. The van der Waals surface area contributed by atoms with Crippen molar-refractivity contribution in [3.63, 3.8) is 0 Å². The van der Waals surface area contributed by atoms with Gasteiger partial charge in [-0.15, -0.1) is 0 Å². The van der Waals surface area contributed by atoms with Crippen LogP contribution in [-0.2, 0) is 26.0 Å². The molecule has 38 heavy (non-hydrogen) atoms. The Hall–Kier alpha value is -0.0600. The number of benzene rings is 2. The molecule has 0 radical (unpaired) electrons. The molecule has 15 heteroatoms. The smallest absolute Gasteiger partial charge is 0.748 e. The Balaban J connectivity index is 0.00000400. The van der Waals surface area contributed by atoms with E-state index < -0.39 is 15.4 Å². The number of hydrogen-bond donors (Lipinski definition) is 0. The molecule has 0 amide bonds. The van der Waals surface area contributed by atoms with Gasteiger partial charge in [-0.3, -0.25) is 5.04 Å². The van der Waals surface area contributed by atoms with E-state index in [1.807, 2.05) is 48.2 Å². The van der Waals surface area contributed by atoms with Crippen LogP contribution in [0.2, 0.25) is 10.0 Å². The van der Waals surface area contributed by atoms with Gasteiger partial charge in [0.25, 0.3) is 5.01 Å². The van der Waals surface area contributed by atoms with Crippen LogP contribution in [0.4, 0.5) is 5.69 Å². The SMILES string of the molecule is CC(CC[n+]1c(C=C2Sc3ccc(Cl)cc3N2CCC(C)S(=O)(=O)[O-])sc2ccc(Cl)cc21)SOO[O-].[Na+]. The summed E-state index contributed by atoms with van der Waals surface area (Å²) < 4.78 is 42.2. The summed E-state index contributed by atoms with van der Waals surface area (Å²) in [6, 6.07) is 11.3. The fourth-order valence-electron chi connectivity index (χ4n) is 3.83. The van der Waals surface area contributed by atoms with E-state index in [2.05, 4.69) is 20.0 Å². The minimum atomic E-state index is -4.39. The van der Waals surface area contributed by atoms with Gasteiger partial charge in [-0.25, -0.2) is 8.42 Å². The number of aromatic nitrogens is 1. The summed E-state index contributed by atoms with van der Waals surface area (Å²) >= 11 is 16.7. The van der Waals surface area contributed by atoms with Crippen LogP contribution >= 0.6 is 58.3 Å². The number of fused-ring (bicyclic) bond motifs is 2. The molecule has 0 saturated heterocycles. The molecule has 3 aromatic rings. The molecule has 8 nitrogen and oxygen atoms in total. The van der Waals surface area contributed by atoms with Gasteiger partial charge in [-0.1, -0.05) is 53.2 Å². The number of nitrogens with zero attached hydrogens (tertiary/aromatic N) is 2. The zero-order chi connectivity index (χ0) is 26.7. The third-order valence-electron chi connectivity index (χ3n) is 5.87. The number of rotatable bonds is 11. The molecule has 1 aliphatic heterocycles. The second-order valence-electron chi connectivity index (χ2n) is 8.48. The van der Waals surface area contributed by atoms with E-state index in [-0.39, 0.29) is 41.2 Å². The van der Waals surface area contributed by atoms with Gasteiger partial charge < -0.3 is 14.7 Å². The summed E-state index contributed by atoms with van der Waals surface area (Å²) in [4.78, 5) is 3.00. The first-order valence-corrected chi connectivity index (χ1v) is 15.9. The van der Waals surface area contributed by atoms with E-state index in [0.717, 1.165) is 42.9 Å². The maximum atomic E-state index is 11.5. The molecular weight excluding hydrogens is 622 g/mol. The van der Waals surface area contributed by atoms with E-state index in [0.29, 0.717) is 29.6 Å². The van der Waals surface area contributed by atoms with E-state index in [4.69, 9.17) is 23.2 Å². The first-order valence-electron chi connectivity index (χ1n) is 11.2. The fourth-order valence-corrected chi connectivity index (χ4v) is 7.21. The van der Waals surface area contributed by atoms with E-state index in [9.17, 15) is 18.2 Å². The first-order chi connectivity index (χ1) is 17.6. The molecule has 1 aromatic heterocycles. The number of thiazole rings is 1. The van der Waals surface area contributed by atoms with Gasteiger partial charge in [0, 0.05) is 56.5 Å². The average molecular weight is 646 g/mol. The molecule has 2 aromatic carbocycles. The van der Waals surface area contributed by atoms with Gasteiger partial charge in [0.2, 0.25) is 5.52 Å². The summed E-state index contributed by atoms with van der Waals surface area (Å²) in [6.07, 6.45) is 2.93. The standard InChI is InChI=1S/C23H24Cl2N2O6S4.Na/c1-14(36-33-32-28)7-9-26-18-11-16(24)3-5-20(18)34-22(26)13-23-27(10-8-15(2)37(29,30)31)19-12-17(25)4-6-21(19)35-23;/h3-6,11-15H,7-10H2,1-2H3,(H-,28,29,30,31);/q;+1/p-1. The molecule has 0 spiro atoms. The Labute approximate surface area is 266 Å². The molecule has 4 rings (SSSR count). The van der Waals surface area contributed by atoms with Crippen molar-refractivity contribution in [2.75, 3.05) is 11.4 Å². The van der Waals surface area contributed by atoms with Crippen molar-refractivity contribution < 1.29 is 61.7 Å². The van der Waals surface area contributed by atoms with Crippen molar-refractivity contribution in [2.24, 2.45) is 0 Å². The summed E-state index contributed by atoms with van der Waals surface area (Å²) in [6.45, 7) is 4.33. The Morgan fingerprint density at radius 2 is 1.87 bits per heavy atom. The van der Waals surface area contributed by atoms with Crippen LogP contribution in [0.25, 0.3) is 16.3 Å². The van der Waals surface area contributed by atoms with E-state index in [1.54, 1.807) is 23.1 Å². The second-order valence-corrected chi connectivity index (χ2v) is 14.4. The average Bonchev–Trinajstić information content (AvgIpc) is 3.35. The molecular formula is C23H23Cl2N2NaO6S4. The van der Waals surface area contributed by atoms with Crippen LogP contribution in [0.1, 0.15) is 31.7 Å². The second kappa shape index (κ2) is 14.2. The summed E-state index contributed by atoms with van der Waals surface area (Å²) in [5, 5.41) is 15.7.